The molecule has 0 aliphatic rings. The number of rotatable bonds is 2. The van der Waals surface area contributed by atoms with Gasteiger partial charge in [-0.1, -0.05) is 6.08 Å². The zero-order valence-corrected chi connectivity index (χ0v) is 5.43. The van der Waals surface area contributed by atoms with E-state index in [1.54, 1.807) is 0 Å². The Hall–Kier alpha value is -1.26. The fourth-order valence-electron chi connectivity index (χ4n) is 0.302. The van der Waals surface area contributed by atoms with Gasteiger partial charge in [0.05, 0.1) is 0 Å². The van der Waals surface area contributed by atoms with Crippen LogP contribution in [0.3, 0.4) is 0 Å². The smallest absolute Gasteiger partial charge is 0.405 e. The fraction of sp³-hybridized carbons (Fsp3) is 0.167. The van der Waals surface area contributed by atoms with Crippen molar-refractivity contribution in [2.75, 3.05) is 0 Å². The third kappa shape index (κ3) is 4.19. The van der Waals surface area contributed by atoms with Crippen LogP contribution in [0.4, 0.5) is 13.2 Å². The largest absolute Gasteiger partial charge is 0.454 e. The summed E-state index contributed by atoms with van der Waals surface area (Å²) in [4.78, 5) is 10.1. The van der Waals surface area contributed by atoms with E-state index in [2.05, 4.69) is 0 Å². The standard InChI is InChI=1S/C6H6F3NO/c7-6(8,9)5(11)3-1-2-4-10/h1-4H,10H2/b3-1+,4-2+. The van der Waals surface area contributed by atoms with Gasteiger partial charge >= 0.3 is 6.18 Å². The molecular formula is C6H6F3NO. The number of hydrogen-bond donors (Lipinski definition) is 1. The van der Waals surface area contributed by atoms with Crippen molar-refractivity contribution in [1.29, 1.82) is 0 Å². The molecule has 2 nitrogen and oxygen atoms in total. The first-order valence-corrected chi connectivity index (χ1v) is 2.64. The molecule has 0 radical (unpaired) electrons. The van der Waals surface area contributed by atoms with E-state index in [0.29, 0.717) is 6.08 Å². The second kappa shape index (κ2) is 3.80. The summed E-state index contributed by atoms with van der Waals surface area (Å²) in [7, 11) is 0. The second-order valence-corrected chi connectivity index (χ2v) is 1.61. The van der Waals surface area contributed by atoms with Gasteiger partial charge in [-0.3, -0.25) is 4.79 Å². The predicted molar refractivity (Wildman–Crippen MR) is 33.5 cm³/mol. The summed E-state index contributed by atoms with van der Waals surface area (Å²) >= 11 is 0. The van der Waals surface area contributed by atoms with Gasteiger partial charge in [0.25, 0.3) is 5.78 Å². The number of alkyl halides is 3. The predicted octanol–water partition coefficient (Wildman–Crippen LogP) is 1.15. The van der Waals surface area contributed by atoms with E-state index in [1.807, 2.05) is 0 Å². The van der Waals surface area contributed by atoms with Crippen molar-refractivity contribution in [1.82, 2.24) is 0 Å². The molecule has 0 unspecified atom stereocenters. The molecule has 62 valence electrons. The van der Waals surface area contributed by atoms with Crippen LogP contribution in [0.1, 0.15) is 0 Å². The van der Waals surface area contributed by atoms with Gasteiger partial charge in [-0.25, -0.2) is 0 Å². The average molecular weight is 165 g/mol. The zero-order chi connectivity index (χ0) is 8.91. The third-order valence-electron chi connectivity index (χ3n) is 0.749. The van der Waals surface area contributed by atoms with Crippen molar-refractivity contribution < 1.29 is 18.0 Å². The molecular weight excluding hydrogens is 159 g/mol. The lowest BCUT2D eigenvalue weighted by Crippen LogP contribution is -2.19. The van der Waals surface area contributed by atoms with Crippen LogP contribution in [0.15, 0.2) is 24.4 Å². The molecule has 0 atom stereocenters. The summed E-state index contributed by atoms with van der Waals surface area (Å²) in [5.41, 5.74) is 4.80. The minimum absolute atomic E-state index is 0.406. The van der Waals surface area contributed by atoms with Gasteiger partial charge in [0.2, 0.25) is 0 Å². The first kappa shape index (κ1) is 9.74. The maximum Gasteiger partial charge on any atom is 0.454 e. The molecule has 0 spiro atoms. The summed E-state index contributed by atoms with van der Waals surface area (Å²) in [5, 5.41) is 0. The summed E-state index contributed by atoms with van der Waals surface area (Å²) in [6.07, 6.45) is -1.30. The SMILES string of the molecule is N/C=C/C=C/C(=O)C(F)(F)F. The average Bonchev–Trinajstić information content (AvgIpc) is 1.86. The number of hydrogen-bond acceptors (Lipinski definition) is 2. The third-order valence-corrected chi connectivity index (χ3v) is 0.749. The Labute approximate surface area is 61.2 Å². The van der Waals surface area contributed by atoms with E-state index < -0.39 is 12.0 Å². The Balaban J connectivity index is 4.08. The molecule has 0 rings (SSSR count). The number of allylic oxidation sites excluding steroid dienone is 3. The summed E-state index contributed by atoms with van der Waals surface area (Å²) in [5.74, 6) is -1.89. The highest BCUT2D eigenvalue weighted by molar-refractivity contribution is 5.94. The molecule has 0 aliphatic carbocycles. The van der Waals surface area contributed by atoms with Crippen LogP contribution in [0.2, 0.25) is 0 Å². The molecule has 0 fully saturated rings. The first-order chi connectivity index (χ1) is 4.98. The van der Waals surface area contributed by atoms with Gasteiger partial charge in [0.15, 0.2) is 0 Å². The van der Waals surface area contributed by atoms with Crippen LogP contribution < -0.4 is 5.73 Å². The molecule has 0 aromatic carbocycles. The zero-order valence-electron chi connectivity index (χ0n) is 5.43. The van der Waals surface area contributed by atoms with Crippen molar-refractivity contribution in [3.63, 3.8) is 0 Å². The lowest BCUT2D eigenvalue weighted by atomic mass is 10.3. The molecule has 0 saturated heterocycles. The molecule has 0 aromatic rings. The molecule has 11 heavy (non-hydrogen) atoms. The highest BCUT2D eigenvalue weighted by Crippen LogP contribution is 2.16. The van der Waals surface area contributed by atoms with Crippen molar-refractivity contribution in [3.8, 4) is 0 Å². The maximum atomic E-state index is 11.4. The Kier molecular flexibility index (Phi) is 3.36. The lowest BCUT2D eigenvalue weighted by Gasteiger charge is -1.97. The van der Waals surface area contributed by atoms with Gasteiger partial charge < -0.3 is 5.73 Å². The van der Waals surface area contributed by atoms with Gasteiger partial charge in [0, 0.05) is 0 Å². The Morgan fingerprint density at radius 3 is 2.18 bits per heavy atom. The molecule has 0 saturated carbocycles. The van der Waals surface area contributed by atoms with E-state index in [-0.39, 0.29) is 0 Å². The quantitative estimate of drug-likeness (QED) is 0.492. The molecule has 5 heteroatoms. The topological polar surface area (TPSA) is 43.1 Å². The van der Waals surface area contributed by atoms with E-state index in [4.69, 9.17) is 5.73 Å². The number of nitrogens with two attached hydrogens (primary N) is 1. The summed E-state index contributed by atoms with van der Waals surface area (Å²) < 4.78 is 34.3. The molecule has 0 heterocycles. The van der Waals surface area contributed by atoms with Gasteiger partial charge in [-0.2, -0.15) is 13.2 Å². The fourth-order valence-corrected chi connectivity index (χ4v) is 0.302. The second-order valence-electron chi connectivity index (χ2n) is 1.61. The van der Waals surface area contributed by atoms with Crippen LogP contribution in [-0.4, -0.2) is 12.0 Å². The van der Waals surface area contributed by atoms with Gasteiger partial charge in [0.1, 0.15) is 0 Å². The highest BCUT2D eigenvalue weighted by atomic mass is 19.4. The van der Waals surface area contributed by atoms with Crippen molar-refractivity contribution in [2.45, 2.75) is 6.18 Å². The normalized spacial score (nSPS) is 13.0. The lowest BCUT2D eigenvalue weighted by molar-refractivity contribution is -0.165. The Bertz CT molecular complexity index is 192. The minimum atomic E-state index is -4.79. The molecule has 0 aliphatic heterocycles. The Morgan fingerprint density at radius 2 is 1.82 bits per heavy atom. The van der Waals surface area contributed by atoms with Crippen molar-refractivity contribution in [3.05, 3.63) is 24.4 Å². The maximum absolute atomic E-state index is 11.4. The van der Waals surface area contributed by atoms with Crippen LogP contribution in [0.5, 0.6) is 0 Å². The van der Waals surface area contributed by atoms with Gasteiger partial charge in [-0.15, -0.1) is 0 Å². The Morgan fingerprint density at radius 1 is 1.27 bits per heavy atom. The van der Waals surface area contributed by atoms with Crippen LogP contribution in [-0.2, 0) is 4.79 Å². The number of carbonyl (C=O) groups excluding carboxylic acids is 1. The monoisotopic (exact) mass is 165 g/mol. The van der Waals surface area contributed by atoms with Crippen molar-refractivity contribution >= 4 is 5.78 Å². The summed E-state index contributed by atoms with van der Waals surface area (Å²) in [6.45, 7) is 0. The van der Waals surface area contributed by atoms with E-state index >= 15 is 0 Å². The van der Waals surface area contributed by atoms with E-state index in [9.17, 15) is 18.0 Å². The van der Waals surface area contributed by atoms with Gasteiger partial charge in [-0.05, 0) is 18.4 Å². The number of carbonyl (C=O) groups is 1. The molecule has 0 aromatic heterocycles. The molecule has 2 N–H and O–H groups in total. The van der Waals surface area contributed by atoms with E-state index in [0.717, 1.165) is 18.4 Å². The number of ketones is 1. The summed E-state index contributed by atoms with van der Waals surface area (Å²) in [6, 6.07) is 0. The molecule has 0 bridgehead atoms. The first-order valence-electron chi connectivity index (χ1n) is 2.64. The van der Waals surface area contributed by atoms with Crippen molar-refractivity contribution in [2.24, 2.45) is 5.73 Å². The van der Waals surface area contributed by atoms with E-state index in [1.165, 1.54) is 0 Å². The van der Waals surface area contributed by atoms with Crippen LogP contribution in [0, 0.1) is 0 Å². The highest BCUT2D eigenvalue weighted by Gasteiger charge is 2.35. The number of halogens is 3. The van der Waals surface area contributed by atoms with Crippen LogP contribution in [0.25, 0.3) is 0 Å². The van der Waals surface area contributed by atoms with Crippen LogP contribution >= 0.6 is 0 Å². The molecule has 0 amide bonds. The minimum Gasteiger partial charge on any atom is -0.405 e.